The molecule has 22 heavy (non-hydrogen) atoms. The Hall–Kier alpha value is -2.33. The average Bonchev–Trinajstić information content (AvgIpc) is 2.81. The van der Waals surface area contributed by atoms with Crippen molar-refractivity contribution < 1.29 is 0 Å². The molecule has 0 saturated heterocycles. The average molecular weight is 309 g/mol. The van der Waals surface area contributed by atoms with Gasteiger partial charge in [-0.2, -0.15) is 0 Å². The van der Waals surface area contributed by atoms with Crippen molar-refractivity contribution in [2.24, 2.45) is 7.05 Å². The van der Waals surface area contributed by atoms with Gasteiger partial charge in [0.2, 0.25) is 0 Å². The van der Waals surface area contributed by atoms with Gasteiger partial charge in [-0.1, -0.05) is 24.3 Å². The van der Waals surface area contributed by atoms with Crippen molar-refractivity contribution in [2.75, 3.05) is 5.32 Å². The Morgan fingerprint density at radius 1 is 1.09 bits per heavy atom. The van der Waals surface area contributed by atoms with Crippen molar-refractivity contribution >= 4 is 33.9 Å². The van der Waals surface area contributed by atoms with E-state index in [1.54, 1.807) is 0 Å². The van der Waals surface area contributed by atoms with Crippen molar-refractivity contribution in [3.63, 3.8) is 0 Å². The lowest BCUT2D eigenvalue weighted by Crippen LogP contribution is -2.27. The van der Waals surface area contributed by atoms with Crippen LogP contribution < -0.4 is 10.6 Å². The van der Waals surface area contributed by atoms with Crippen LogP contribution in [0.25, 0.3) is 10.9 Å². The van der Waals surface area contributed by atoms with Gasteiger partial charge >= 0.3 is 0 Å². The first-order chi connectivity index (χ1) is 10.6. The highest BCUT2D eigenvalue weighted by Gasteiger charge is 2.04. The van der Waals surface area contributed by atoms with E-state index >= 15 is 0 Å². The molecule has 3 aromatic rings. The fourth-order valence-corrected chi connectivity index (χ4v) is 2.72. The molecule has 0 spiro atoms. The van der Waals surface area contributed by atoms with Gasteiger partial charge in [0.15, 0.2) is 5.11 Å². The molecule has 3 rings (SSSR count). The van der Waals surface area contributed by atoms with E-state index in [9.17, 15) is 0 Å². The van der Waals surface area contributed by atoms with Crippen LogP contribution in [-0.2, 0) is 13.6 Å². The van der Waals surface area contributed by atoms with Crippen molar-refractivity contribution in [2.45, 2.75) is 13.5 Å². The van der Waals surface area contributed by atoms with Crippen LogP contribution in [0.2, 0.25) is 0 Å². The van der Waals surface area contributed by atoms with Crippen LogP contribution >= 0.6 is 12.2 Å². The predicted octanol–water partition coefficient (Wildman–Crippen LogP) is 3.97. The molecular formula is C18H19N3S. The summed E-state index contributed by atoms with van der Waals surface area (Å²) in [5, 5.41) is 8.33. The van der Waals surface area contributed by atoms with Gasteiger partial charge in [0.05, 0.1) is 0 Å². The predicted molar refractivity (Wildman–Crippen MR) is 97.2 cm³/mol. The molecule has 0 aliphatic rings. The molecule has 4 heteroatoms. The van der Waals surface area contributed by atoms with Crippen LogP contribution in [0.1, 0.15) is 11.3 Å². The van der Waals surface area contributed by atoms with Crippen LogP contribution in [0.4, 0.5) is 5.69 Å². The molecule has 0 aliphatic carbocycles. The summed E-state index contributed by atoms with van der Waals surface area (Å²) >= 11 is 5.33. The second-order valence-corrected chi connectivity index (χ2v) is 5.82. The van der Waals surface area contributed by atoms with Crippen LogP contribution in [0, 0.1) is 6.92 Å². The van der Waals surface area contributed by atoms with Crippen LogP contribution in [-0.4, -0.2) is 9.68 Å². The highest BCUT2D eigenvalue weighted by Crippen LogP contribution is 2.19. The third-order valence-corrected chi connectivity index (χ3v) is 4.08. The number of fused-ring (bicyclic) bond motifs is 1. The Morgan fingerprint density at radius 3 is 2.64 bits per heavy atom. The zero-order valence-corrected chi connectivity index (χ0v) is 13.6. The molecule has 0 atom stereocenters. The Labute approximate surface area is 136 Å². The molecule has 0 unspecified atom stereocenters. The number of benzene rings is 2. The highest BCUT2D eigenvalue weighted by molar-refractivity contribution is 7.80. The summed E-state index contributed by atoms with van der Waals surface area (Å²) in [4.78, 5) is 0. The molecule has 0 aliphatic heterocycles. The second-order valence-electron chi connectivity index (χ2n) is 5.41. The first kappa shape index (κ1) is 14.6. The topological polar surface area (TPSA) is 29.0 Å². The number of nitrogens with zero attached hydrogens (tertiary/aromatic N) is 1. The Morgan fingerprint density at radius 2 is 1.86 bits per heavy atom. The van der Waals surface area contributed by atoms with Crippen molar-refractivity contribution in [3.05, 3.63) is 65.9 Å². The normalized spacial score (nSPS) is 10.6. The standard InChI is InChI=1S/C18H19N3S/c1-13-10-15-11-14(8-9-17(15)21(13)2)12-19-18(22)20-16-6-4-3-5-7-16/h3-11H,12H2,1-2H3,(H2,19,20,22). The number of anilines is 1. The zero-order valence-electron chi connectivity index (χ0n) is 12.8. The molecule has 0 saturated carbocycles. The zero-order chi connectivity index (χ0) is 15.5. The molecular weight excluding hydrogens is 290 g/mol. The molecule has 1 aromatic heterocycles. The Balaban J connectivity index is 1.65. The fraction of sp³-hybridized carbons (Fsp3) is 0.167. The van der Waals surface area contributed by atoms with Crippen LogP contribution in [0.3, 0.4) is 0 Å². The highest BCUT2D eigenvalue weighted by atomic mass is 32.1. The number of aromatic nitrogens is 1. The molecule has 112 valence electrons. The largest absolute Gasteiger partial charge is 0.358 e. The van der Waals surface area contributed by atoms with Gasteiger partial charge in [-0.25, -0.2) is 0 Å². The van der Waals surface area contributed by atoms with Crippen LogP contribution in [0.15, 0.2) is 54.6 Å². The van der Waals surface area contributed by atoms with E-state index in [0.717, 1.165) is 5.69 Å². The van der Waals surface area contributed by atoms with E-state index < -0.39 is 0 Å². The van der Waals surface area contributed by atoms with E-state index in [1.807, 2.05) is 30.3 Å². The maximum Gasteiger partial charge on any atom is 0.171 e. The number of aryl methyl sites for hydroxylation is 2. The summed E-state index contributed by atoms with van der Waals surface area (Å²) in [5.41, 5.74) is 4.73. The van der Waals surface area contributed by atoms with Gasteiger partial charge in [0.1, 0.15) is 0 Å². The summed E-state index contributed by atoms with van der Waals surface area (Å²) in [6.07, 6.45) is 0. The third-order valence-electron chi connectivity index (χ3n) is 3.83. The number of rotatable bonds is 3. The van der Waals surface area contributed by atoms with Gasteiger partial charge in [0, 0.05) is 35.9 Å². The molecule has 1 heterocycles. The van der Waals surface area contributed by atoms with E-state index in [-0.39, 0.29) is 0 Å². The lowest BCUT2D eigenvalue weighted by molar-refractivity contribution is 0.913. The number of hydrogen-bond donors (Lipinski definition) is 2. The minimum Gasteiger partial charge on any atom is -0.358 e. The quantitative estimate of drug-likeness (QED) is 0.717. The monoisotopic (exact) mass is 309 g/mol. The lowest BCUT2D eigenvalue weighted by Gasteiger charge is -2.10. The van der Waals surface area contributed by atoms with Crippen molar-refractivity contribution in [3.8, 4) is 0 Å². The minimum absolute atomic E-state index is 0.635. The van der Waals surface area contributed by atoms with Crippen molar-refractivity contribution in [1.29, 1.82) is 0 Å². The second kappa shape index (κ2) is 6.20. The third kappa shape index (κ3) is 3.12. The minimum atomic E-state index is 0.635. The summed E-state index contributed by atoms with van der Waals surface area (Å²) in [6, 6.07) is 18.7. The molecule has 0 bridgehead atoms. The van der Waals surface area contributed by atoms with Crippen LogP contribution in [0.5, 0.6) is 0 Å². The maximum atomic E-state index is 5.33. The maximum absolute atomic E-state index is 5.33. The van der Waals surface area contributed by atoms with Gasteiger partial charge in [-0.05, 0) is 55.0 Å². The number of para-hydroxylation sites is 1. The fourth-order valence-electron chi connectivity index (χ4n) is 2.53. The molecule has 0 amide bonds. The first-order valence-corrected chi connectivity index (χ1v) is 7.69. The number of hydrogen-bond acceptors (Lipinski definition) is 1. The van der Waals surface area contributed by atoms with E-state index in [0.29, 0.717) is 11.7 Å². The molecule has 2 N–H and O–H groups in total. The van der Waals surface area contributed by atoms with Gasteiger partial charge in [-0.15, -0.1) is 0 Å². The number of nitrogens with one attached hydrogen (secondary N) is 2. The first-order valence-electron chi connectivity index (χ1n) is 7.28. The molecule has 2 aromatic carbocycles. The molecule has 3 nitrogen and oxygen atoms in total. The van der Waals surface area contributed by atoms with Gasteiger partial charge < -0.3 is 15.2 Å². The summed E-state index contributed by atoms with van der Waals surface area (Å²) in [7, 11) is 2.09. The summed E-state index contributed by atoms with van der Waals surface area (Å²) in [6.45, 7) is 2.83. The number of thiocarbonyl (C=S) groups is 1. The van der Waals surface area contributed by atoms with Gasteiger partial charge in [-0.3, -0.25) is 0 Å². The molecule has 0 radical (unpaired) electrons. The van der Waals surface area contributed by atoms with Gasteiger partial charge in [0.25, 0.3) is 0 Å². The van der Waals surface area contributed by atoms with E-state index in [4.69, 9.17) is 12.2 Å². The van der Waals surface area contributed by atoms with E-state index in [1.165, 1.54) is 22.2 Å². The van der Waals surface area contributed by atoms with E-state index in [2.05, 4.69) is 53.4 Å². The molecule has 0 fully saturated rings. The van der Waals surface area contributed by atoms with Crippen molar-refractivity contribution in [1.82, 2.24) is 9.88 Å². The summed E-state index contributed by atoms with van der Waals surface area (Å²) in [5.74, 6) is 0. The lowest BCUT2D eigenvalue weighted by atomic mass is 10.1. The Kier molecular flexibility index (Phi) is 4.11. The Bertz CT molecular complexity index is 806. The smallest absolute Gasteiger partial charge is 0.171 e. The summed E-state index contributed by atoms with van der Waals surface area (Å²) < 4.78 is 2.20. The SMILES string of the molecule is Cc1cc2cc(CNC(=S)Nc3ccccc3)ccc2n1C.